The molecule has 2 heterocycles. The molecule has 3 nitrogen and oxygen atoms in total. The summed E-state index contributed by atoms with van der Waals surface area (Å²) in [7, 11) is 0. The van der Waals surface area contributed by atoms with Crippen LogP contribution in [0.15, 0.2) is 5.38 Å². The molecule has 0 amide bonds. The highest BCUT2D eigenvalue weighted by Crippen LogP contribution is 2.31. The maximum atomic E-state index is 6.13. The topological polar surface area (TPSA) is 38.7 Å². The Labute approximate surface area is 114 Å². The number of hydrogen-bond acceptors (Lipinski definition) is 4. The second kappa shape index (κ2) is 4.88. The number of hydrogen-bond donors (Lipinski definition) is 0. The lowest BCUT2D eigenvalue weighted by Crippen LogP contribution is -1.99. The van der Waals surface area contributed by atoms with Gasteiger partial charge in [-0.2, -0.15) is 0 Å². The van der Waals surface area contributed by atoms with Gasteiger partial charge in [0.05, 0.1) is 0 Å². The van der Waals surface area contributed by atoms with Crippen LogP contribution >= 0.6 is 34.5 Å². The van der Waals surface area contributed by atoms with Gasteiger partial charge in [-0.1, -0.05) is 37.0 Å². The highest BCUT2D eigenvalue weighted by Gasteiger charge is 2.16. The van der Waals surface area contributed by atoms with Gasteiger partial charge < -0.3 is 0 Å². The van der Waals surface area contributed by atoms with Crippen molar-refractivity contribution in [2.45, 2.75) is 26.7 Å². The summed E-state index contributed by atoms with van der Waals surface area (Å²) < 4.78 is 0. The standard InChI is InChI=1S/C11H11Cl2N3S/c1-5(2)7-8(12)15-10(16-9(7)13)11-14-6(3)4-17-11/h4-5H,1-3H3. The van der Waals surface area contributed by atoms with E-state index in [0.29, 0.717) is 16.1 Å². The molecule has 0 aliphatic rings. The fourth-order valence-electron chi connectivity index (χ4n) is 1.45. The molecular formula is C11H11Cl2N3S. The van der Waals surface area contributed by atoms with E-state index in [-0.39, 0.29) is 5.92 Å². The summed E-state index contributed by atoms with van der Waals surface area (Å²) in [4.78, 5) is 12.8. The van der Waals surface area contributed by atoms with Gasteiger partial charge in [-0.15, -0.1) is 11.3 Å². The zero-order valence-corrected chi connectivity index (χ0v) is 12.0. The molecule has 0 fully saturated rings. The molecule has 17 heavy (non-hydrogen) atoms. The Morgan fingerprint density at radius 1 is 1.12 bits per heavy atom. The summed E-state index contributed by atoms with van der Waals surface area (Å²) in [6.45, 7) is 5.93. The lowest BCUT2D eigenvalue weighted by Gasteiger charge is -2.09. The molecule has 0 spiro atoms. The molecule has 0 aromatic carbocycles. The molecule has 2 rings (SSSR count). The number of halogens is 2. The van der Waals surface area contributed by atoms with Crippen LogP contribution < -0.4 is 0 Å². The number of thiazole rings is 1. The fourth-order valence-corrected chi connectivity index (χ4v) is 3.00. The Hall–Kier alpha value is -0.710. The Morgan fingerprint density at radius 2 is 1.71 bits per heavy atom. The fraction of sp³-hybridized carbons (Fsp3) is 0.364. The lowest BCUT2D eigenvalue weighted by atomic mass is 10.1. The number of nitrogens with zero attached hydrogens (tertiary/aromatic N) is 3. The highest BCUT2D eigenvalue weighted by molar-refractivity contribution is 7.13. The van der Waals surface area contributed by atoms with Crippen LogP contribution in [0.5, 0.6) is 0 Å². The van der Waals surface area contributed by atoms with E-state index in [1.807, 2.05) is 26.2 Å². The Bertz CT molecular complexity index is 528. The van der Waals surface area contributed by atoms with E-state index in [0.717, 1.165) is 16.3 Å². The minimum atomic E-state index is 0.196. The first-order valence-corrected chi connectivity index (χ1v) is 6.78. The van der Waals surface area contributed by atoms with Crippen molar-refractivity contribution in [3.05, 3.63) is 26.9 Å². The van der Waals surface area contributed by atoms with Gasteiger partial charge >= 0.3 is 0 Å². The van der Waals surface area contributed by atoms with Gasteiger partial charge in [-0.3, -0.25) is 0 Å². The molecule has 0 atom stereocenters. The quantitative estimate of drug-likeness (QED) is 0.772. The molecule has 0 bridgehead atoms. The van der Waals surface area contributed by atoms with Crippen LogP contribution in [0.3, 0.4) is 0 Å². The van der Waals surface area contributed by atoms with E-state index in [1.54, 1.807) is 0 Å². The third-order valence-corrected chi connectivity index (χ3v) is 3.77. The molecule has 0 saturated carbocycles. The minimum absolute atomic E-state index is 0.196. The first-order valence-electron chi connectivity index (χ1n) is 5.14. The van der Waals surface area contributed by atoms with Gasteiger partial charge in [0.2, 0.25) is 0 Å². The van der Waals surface area contributed by atoms with Crippen LogP contribution in [-0.2, 0) is 0 Å². The Morgan fingerprint density at radius 3 is 2.12 bits per heavy atom. The van der Waals surface area contributed by atoms with Crippen molar-refractivity contribution in [2.75, 3.05) is 0 Å². The number of aryl methyl sites for hydroxylation is 1. The first kappa shape index (κ1) is 12.7. The highest BCUT2D eigenvalue weighted by atomic mass is 35.5. The predicted molar refractivity (Wildman–Crippen MR) is 72.0 cm³/mol. The number of aromatic nitrogens is 3. The van der Waals surface area contributed by atoms with Crippen molar-refractivity contribution in [3.8, 4) is 10.8 Å². The van der Waals surface area contributed by atoms with Crippen LogP contribution in [0.4, 0.5) is 0 Å². The smallest absolute Gasteiger partial charge is 0.191 e. The van der Waals surface area contributed by atoms with Crippen LogP contribution in [0.2, 0.25) is 10.3 Å². The molecule has 0 unspecified atom stereocenters. The summed E-state index contributed by atoms with van der Waals surface area (Å²) >= 11 is 13.7. The van der Waals surface area contributed by atoms with Gasteiger partial charge in [0.25, 0.3) is 0 Å². The summed E-state index contributed by atoms with van der Waals surface area (Å²) in [5.74, 6) is 0.685. The Balaban J connectivity index is 2.52. The molecule has 6 heteroatoms. The van der Waals surface area contributed by atoms with Crippen molar-refractivity contribution < 1.29 is 0 Å². The van der Waals surface area contributed by atoms with Crippen LogP contribution in [-0.4, -0.2) is 15.0 Å². The van der Waals surface area contributed by atoms with Gasteiger partial charge in [-0.25, -0.2) is 15.0 Å². The van der Waals surface area contributed by atoms with E-state index in [4.69, 9.17) is 23.2 Å². The average Bonchev–Trinajstić information content (AvgIpc) is 2.63. The van der Waals surface area contributed by atoms with Crippen molar-refractivity contribution in [1.29, 1.82) is 0 Å². The van der Waals surface area contributed by atoms with E-state index in [2.05, 4.69) is 15.0 Å². The van der Waals surface area contributed by atoms with E-state index < -0.39 is 0 Å². The molecule has 2 aromatic rings. The zero-order valence-electron chi connectivity index (χ0n) is 9.66. The molecule has 90 valence electrons. The van der Waals surface area contributed by atoms with Gasteiger partial charge in [0.1, 0.15) is 10.3 Å². The second-order valence-corrected chi connectivity index (χ2v) is 5.57. The van der Waals surface area contributed by atoms with Crippen molar-refractivity contribution in [2.24, 2.45) is 0 Å². The summed E-state index contributed by atoms with van der Waals surface area (Å²) in [6, 6.07) is 0. The molecule has 0 aliphatic carbocycles. The first-order chi connectivity index (χ1) is 7.99. The van der Waals surface area contributed by atoms with Crippen LogP contribution in [0, 0.1) is 6.92 Å². The summed E-state index contributed by atoms with van der Waals surface area (Å²) in [5, 5.41) is 3.49. The van der Waals surface area contributed by atoms with Crippen molar-refractivity contribution in [3.63, 3.8) is 0 Å². The second-order valence-electron chi connectivity index (χ2n) is 3.99. The molecule has 0 saturated heterocycles. The molecular weight excluding hydrogens is 277 g/mol. The Kier molecular flexibility index (Phi) is 3.66. The predicted octanol–water partition coefficient (Wildman–Crippen LogP) is 4.34. The van der Waals surface area contributed by atoms with E-state index in [1.165, 1.54) is 11.3 Å². The third kappa shape index (κ3) is 2.59. The van der Waals surface area contributed by atoms with Crippen molar-refractivity contribution >= 4 is 34.5 Å². The SMILES string of the molecule is Cc1csc(-c2nc(Cl)c(C(C)C)c(Cl)n2)n1. The lowest BCUT2D eigenvalue weighted by molar-refractivity contribution is 0.847. The number of rotatable bonds is 2. The van der Waals surface area contributed by atoms with E-state index in [9.17, 15) is 0 Å². The molecule has 2 aromatic heterocycles. The molecule has 0 N–H and O–H groups in total. The van der Waals surface area contributed by atoms with E-state index >= 15 is 0 Å². The normalized spacial score (nSPS) is 11.2. The van der Waals surface area contributed by atoms with Crippen LogP contribution in [0.1, 0.15) is 31.0 Å². The molecule has 0 radical (unpaired) electrons. The maximum absolute atomic E-state index is 6.13. The van der Waals surface area contributed by atoms with Crippen LogP contribution in [0.25, 0.3) is 10.8 Å². The zero-order chi connectivity index (χ0) is 12.6. The summed E-state index contributed by atoms with van der Waals surface area (Å²) in [5.41, 5.74) is 1.72. The third-order valence-electron chi connectivity index (χ3n) is 2.24. The van der Waals surface area contributed by atoms with Gasteiger partial charge in [0.15, 0.2) is 10.8 Å². The van der Waals surface area contributed by atoms with Gasteiger partial charge in [-0.05, 0) is 12.8 Å². The largest absolute Gasteiger partial charge is 0.238 e. The summed E-state index contributed by atoms with van der Waals surface area (Å²) in [6.07, 6.45) is 0. The average molecular weight is 288 g/mol. The van der Waals surface area contributed by atoms with Gasteiger partial charge in [0, 0.05) is 16.6 Å². The molecule has 0 aliphatic heterocycles. The van der Waals surface area contributed by atoms with Crippen molar-refractivity contribution in [1.82, 2.24) is 15.0 Å². The minimum Gasteiger partial charge on any atom is -0.238 e. The monoisotopic (exact) mass is 287 g/mol. The maximum Gasteiger partial charge on any atom is 0.191 e.